The van der Waals surface area contributed by atoms with Crippen LogP contribution < -0.4 is 0 Å². The molecule has 0 saturated heterocycles. The SMILES string of the molecule is Cc1cnc2c(c1)nc(CCl)n2-c1c(F)cc(F)cc1F. The summed E-state index contributed by atoms with van der Waals surface area (Å²) in [4.78, 5) is 8.36. The lowest BCUT2D eigenvalue weighted by atomic mass is 10.2. The summed E-state index contributed by atoms with van der Waals surface area (Å²) < 4.78 is 42.2. The third-order valence-electron chi connectivity index (χ3n) is 3.03. The number of hydrogen-bond donors (Lipinski definition) is 0. The zero-order valence-corrected chi connectivity index (χ0v) is 11.6. The maximum Gasteiger partial charge on any atom is 0.164 e. The average molecular weight is 312 g/mol. The summed E-state index contributed by atoms with van der Waals surface area (Å²) in [5, 5.41) is 0. The van der Waals surface area contributed by atoms with E-state index in [1.807, 2.05) is 6.92 Å². The molecule has 7 heteroatoms. The van der Waals surface area contributed by atoms with Gasteiger partial charge in [0.05, 0.1) is 5.88 Å². The first kappa shape index (κ1) is 13.9. The average Bonchev–Trinajstić information content (AvgIpc) is 2.75. The smallest absolute Gasteiger partial charge is 0.164 e. The third-order valence-corrected chi connectivity index (χ3v) is 3.27. The van der Waals surface area contributed by atoms with Gasteiger partial charge in [0.2, 0.25) is 0 Å². The molecule has 0 bridgehead atoms. The fraction of sp³-hybridized carbons (Fsp3) is 0.143. The van der Waals surface area contributed by atoms with Gasteiger partial charge in [-0.15, -0.1) is 11.6 Å². The Hall–Kier alpha value is -2.08. The van der Waals surface area contributed by atoms with Crippen LogP contribution in [0.25, 0.3) is 16.9 Å². The van der Waals surface area contributed by atoms with E-state index in [4.69, 9.17) is 11.6 Å². The topological polar surface area (TPSA) is 30.7 Å². The van der Waals surface area contributed by atoms with Gasteiger partial charge in [0.25, 0.3) is 0 Å². The first-order valence-corrected chi connectivity index (χ1v) is 6.59. The van der Waals surface area contributed by atoms with Crippen molar-refractivity contribution in [2.24, 2.45) is 0 Å². The fourth-order valence-electron chi connectivity index (χ4n) is 2.19. The molecule has 1 aromatic carbocycles. The molecule has 0 fully saturated rings. The van der Waals surface area contributed by atoms with E-state index < -0.39 is 23.1 Å². The largest absolute Gasteiger partial charge is 0.274 e. The van der Waals surface area contributed by atoms with E-state index in [9.17, 15) is 13.2 Å². The molecule has 3 nitrogen and oxygen atoms in total. The van der Waals surface area contributed by atoms with Crippen LogP contribution >= 0.6 is 11.6 Å². The maximum atomic E-state index is 14.0. The van der Waals surface area contributed by atoms with Gasteiger partial charge in [-0.2, -0.15) is 0 Å². The molecule has 2 aromatic heterocycles. The lowest BCUT2D eigenvalue weighted by Crippen LogP contribution is -2.06. The number of hydrogen-bond acceptors (Lipinski definition) is 2. The zero-order valence-electron chi connectivity index (χ0n) is 10.9. The summed E-state index contributed by atoms with van der Waals surface area (Å²) in [7, 11) is 0. The van der Waals surface area contributed by atoms with Crippen molar-refractivity contribution < 1.29 is 13.2 Å². The number of halogens is 4. The van der Waals surface area contributed by atoms with Gasteiger partial charge < -0.3 is 0 Å². The molecule has 21 heavy (non-hydrogen) atoms. The Labute approximate surface area is 123 Å². The third kappa shape index (κ3) is 2.25. The summed E-state index contributed by atoms with van der Waals surface area (Å²) in [5.74, 6) is -2.91. The van der Waals surface area contributed by atoms with E-state index in [1.54, 1.807) is 12.3 Å². The van der Waals surface area contributed by atoms with Gasteiger partial charge in [0.15, 0.2) is 17.3 Å². The van der Waals surface area contributed by atoms with Crippen LogP contribution in [0.5, 0.6) is 0 Å². The predicted molar refractivity (Wildman–Crippen MR) is 73.0 cm³/mol. The number of rotatable bonds is 2. The number of alkyl halides is 1. The number of benzene rings is 1. The summed E-state index contributed by atoms with van der Waals surface area (Å²) in [6.45, 7) is 1.82. The molecule has 3 aromatic rings. The minimum absolute atomic E-state index is 0.0638. The Morgan fingerprint density at radius 1 is 1.14 bits per heavy atom. The van der Waals surface area contributed by atoms with Gasteiger partial charge >= 0.3 is 0 Å². The first-order chi connectivity index (χ1) is 10.0. The Morgan fingerprint density at radius 3 is 2.43 bits per heavy atom. The fourth-order valence-corrected chi connectivity index (χ4v) is 2.36. The van der Waals surface area contributed by atoms with Crippen LogP contribution in [-0.2, 0) is 5.88 Å². The van der Waals surface area contributed by atoms with E-state index >= 15 is 0 Å². The van der Waals surface area contributed by atoms with E-state index in [-0.39, 0.29) is 17.4 Å². The van der Waals surface area contributed by atoms with Crippen molar-refractivity contribution in [2.45, 2.75) is 12.8 Å². The number of imidazole rings is 1. The van der Waals surface area contributed by atoms with Crippen molar-refractivity contribution in [3.05, 3.63) is 53.2 Å². The van der Waals surface area contributed by atoms with Crippen molar-refractivity contribution >= 4 is 22.8 Å². The Balaban J connectivity index is 2.39. The lowest BCUT2D eigenvalue weighted by molar-refractivity contribution is 0.533. The standard InChI is InChI=1S/C14H9ClF3N3/c1-7-2-11-14(19-6-7)21(12(5-15)20-11)13-9(17)3-8(16)4-10(13)18/h2-4,6H,5H2,1H3. The van der Waals surface area contributed by atoms with Crippen molar-refractivity contribution in [3.63, 3.8) is 0 Å². The first-order valence-electron chi connectivity index (χ1n) is 6.06. The van der Waals surface area contributed by atoms with Crippen molar-refractivity contribution in [2.75, 3.05) is 0 Å². The van der Waals surface area contributed by atoms with Crippen LogP contribution in [0.1, 0.15) is 11.4 Å². The molecule has 0 saturated carbocycles. The molecule has 0 N–H and O–H groups in total. The number of nitrogens with zero attached hydrogens (tertiary/aromatic N) is 3. The van der Waals surface area contributed by atoms with Crippen molar-refractivity contribution in [1.29, 1.82) is 0 Å². The van der Waals surface area contributed by atoms with E-state index in [0.29, 0.717) is 17.6 Å². The molecular formula is C14H9ClF3N3. The molecular weight excluding hydrogens is 303 g/mol. The predicted octanol–water partition coefficient (Wildman–Crippen LogP) is 3.89. The molecule has 3 rings (SSSR count). The van der Waals surface area contributed by atoms with E-state index in [2.05, 4.69) is 9.97 Å². The second-order valence-electron chi connectivity index (χ2n) is 4.57. The molecule has 0 radical (unpaired) electrons. The van der Waals surface area contributed by atoms with Crippen LogP contribution in [0.2, 0.25) is 0 Å². The second kappa shape index (κ2) is 5.04. The molecule has 0 aliphatic rings. The molecule has 0 unspecified atom stereocenters. The molecule has 0 aliphatic carbocycles. The van der Waals surface area contributed by atoms with Gasteiger partial charge in [-0.3, -0.25) is 4.57 Å². The number of pyridine rings is 1. The van der Waals surface area contributed by atoms with Crippen molar-refractivity contribution in [1.82, 2.24) is 14.5 Å². The van der Waals surface area contributed by atoms with Gasteiger partial charge in [-0.05, 0) is 18.6 Å². The van der Waals surface area contributed by atoms with E-state index in [0.717, 1.165) is 5.56 Å². The number of aromatic nitrogens is 3. The van der Waals surface area contributed by atoms with E-state index in [1.165, 1.54) is 4.57 Å². The monoisotopic (exact) mass is 311 g/mol. The highest BCUT2D eigenvalue weighted by Gasteiger charge is 2.20. The highest BCUT2D eigenvalue weighted by molar-refractivity contribution is 6.16. The lowest BCUT2D eigenvalue weighted by Gasteiger charge is -2.09. The normalized spacial score (nSPS) is 11.3. The summed E-state index contributed by atoms with van der Waals surface area (Å²) in [6.07, 6.45) is 1.55. The Morgan fingerprint density at radius 2 is 1.81 bits per heavy atom. The second-order valence-corrected chi connectivity index (χ2v) is 4.84. The molecule has 0 spiro atoms. The molecule has 0 atom stereocenters. The quantitative estimate of drug-likeness (QED) is 0.672. The van der Waals surface area contributed by atoms with Crippen LogP contribution in [0.3, 0.4) is 0 Å². The van der Waals surface area contributed by atoms with Gasteiger partial charge in [0.1, 0.15) is 22.8 Å². The highest BCUT2D eigenvalue weighted by atomic mass is 35.5. The zero-order chi connectivity index (χ0) is 15.1. The summed E-state index contributed by atoms with van der Waals surface area (Å²) >= 11 is 5.80. The number of fused-ring (bicyclic) bond motifs is 1. The maximum absolute atomic E-state index is 14.0. The van der Waals surface area contributed by atoms with Crippen LogP contribution in [0.15, 0.2) is 24.4 Å². The molecule has 0 aliphatic heterocycles. The highest BCUT2D eigenvalue weighted by Crippen LogP contribution is 2.26. The van der Waals surface area contributed by atoms with Crippen LogP contribution in [-0.4, -0.2) is 14.5 Å². The summed E-state index contributed by atoms with van der Waals surface area (Å²) in [6, 6.07) is 2.95. The Kier molecular flexibility index (Phi) is 3.33. The van der Waals surface area contributed by atoms with Crippen molar-refractivity contribution in [3.8, 4) is 5.69 Å². The van der Waals surface area contributed by atoms with Crippen LogP contribution in [0, 0.1) is 24.4 Å². The minimum atomic E-state index is -1.04. The van der Waals surface area contributed by atoms with Gasteiger partial charge in [-0.1, -0.05) is 0 Å². The van der Waals surface area contributed by atoms with Gasteiger partial charge in [-0.25, -0.2) is 23.1 Å². The minimum Gasteiger partial charge on any atom is -0.274 e. The Bertz CT molecular complexity index is 822. The summed E-state index contributed by atoms with van der Waals surface area (Å²) in [5.41, 5.74) is 1.15. The number of aryl methyl sites for hydroxylation is 1. The van der Waals surface area contributed by atoms with Gasteiger partial charge in [0, 0.05) is 18.3 Å². The molecule has 2 heterocycles. The molecule has 108 valence electrons. The van der Waals surface area contributed by atoms with Crippen LogP contribution in [0.4, 0.5) is 13.2 Å². The molecule has 0 amide bonds.